The lowest BCUT2D eigenvalue weighted by Gasteiger charge is -2.46. The summed E-state index contributed by atoms with van der Waals surface area (Å²) in [6.07, 6.45) is 4.62. The van der Waals surface area contributed by atoms with Crippen LogP contribution in [0.1, 0.15) is 188 Å². The highest BCUT2D eigenvalue weighted by molar-refractivity contribution is 7.33. The molecule has 366 valence electrons. The van der Waals surface area contributed by atoms with Crippen LogP contribution in [0.2, 0.25) is 0 Å². The fraction of sp³-hybridized carbons (Fsp3) is 0.446. The molecule has 6 heteroatoms. The summed E-state index contributed by atoms with van der Waals surface area (Å²) in [5.74, 6) is 2.75. The van der Waals surface area contributed by atoms with Crippen molar-refractivity contribution in [2.75, 3.05) is 9.80 Å². The number of aromatic nitrogens is 2. The fourth-order valence-electron chi connectivity index (χ4n) is 12.6. The molecule has 4 nitrogen and oxygen atoms in total. The van der Waals surface area contributed by atoms with E-state index in [2.05, 4.69) is 225 Å². The maximum atomic E-state index is 5.70. The van der Waals surface area contributed by atoms with Gasteiger partial charge in [-0.25, -0.2) is 9.97 Å². The van der Waals surface area contributed by atoms with Gasteiger partial charge in [0.15, 0.2) is 0 Å². The monoisotopic (exact) mass is 957 g/mol. The van der Waals surface area contributed by atoms with Crippen molar-refractivity contribution in [3.8, 4) is 11.1 Å². The normalized spacial score (nSPS) is 18.4. The molecule has 0 N–H and O–H groups in total. The molecule has 2 aromatic heterocycles. The highest BCUT2D eigenvalue weighted by Crippen LogP contribution is 2.54. The van der Waals surface area contributed by atoms with Crippen LogP contribution in [0.4, 0.5) is 34.4 Å². The summed E-state index contributed by atoms with van der Waals surface area (Å²) in [5.41, 5.74) is 19.8. The van der Waals surface area contributed by atoms with Crippen molar-refractivity contribution in [1.82, 2.24) is 9.97 Å². The molecule has 0 radical (unpaired) electrons. The van der Waals surface area contributed by atoms with E-state index in [0.29, 0.717) is 0 Å². The van der Waals surface area contributed by atoms with Crippen molar-refractivity contribution < 1.29 is 0 Å². The van der Waals surface area contributed by atoms with E-state index in [1.54, 1.807) is 0 Å². The average molecular weight is 957 g/mol. The van der Waals surface area contributed by atoms with Gasteiger partial charge in [0.2, 0.25) is 0 Å². The minimum atomic E-state index is -0.0731. The third-order valence-corrected chi connectivity index (χ3v) is 18.8. The van der Waals surface area contributed by atoms with Crippen LogP contribution in [0.15, 0.2) is 91.0 Å². The number of nitrogens with zero attached hydrogens (tertiary/aromatic N) is 4. The molecule has 7 aromatic rings. The molecular weight excluding hydrogens is 880 g/mol. The topological polar surface area (TPSA) is 32.3 Å². The number of thiophene rings is 1. The number of fused-ring (bicyclic) bond motifs is 8. The van der Waals surface area contributed by atoms with Gasteiger partial charge in [0.25, 0.3) is 6.71 Å². The Hall–Kier alpha value is -5.20. The van der Waals surface area contributed by atoms with Crippen LogP contribution in [-0.4, -0.2) is 16.7 Å². The quantitative estimate of drug-likeness (QED) is 0.165. The fourth-order valence-corrected chi connectivity index (χ4v) is 14.0. The molecule has 2 aliphatic carbocycles. The molecule has 11 rings (SSSR count). The van der Waals surface area contributed by atoms with E-state index in [-0.39, 0.29) is 44.6 Å². The Balaban J connectivity index is 1.27. The van der Waals surface area contributed by atoms with E-state index in [1.165, 1.54) is 99.3 Å². The standard InChI is InChI=1S/C65H77BN4S/c1-38-67-57-54-58(68-38)70(51-28-24-41(60(5,6)7)33-45(51)39-19-21-40(22-20-39)59(2,3)4)52-37-49-48(64(15,16)31-32-65(49,17)18)36-50(52)66(54)56-55(44-26-23-42(61(8,9)10)34-53(44)71-56)69(57)43-25-27-46-47(35-43)63(13,14)30-29-62(46,11)12/h19-28,33-37H,29-32H2,1-18H3. The van der Waals surface area contributed by atoms with Gasteiger partial charge in [0, 0.05) is 37.3 Å². The van der Waals surface area contributed by atoms with E-state index in [9.17, 15) is 0 Å². The van der Waals surface area contributed by atoms with Crippen LogP contribution in [-0.2, 0) is 37.9 Å². The second-order valence-electron chi connectivity index (χ2n) is 27.7. The maximum absolute atomic E-state index is 5.70. The first-order chi connectivity index (χ1) is 33.0. The molecule has 4 aliphatic rings. The van der Waals surface area contributed by atoms with Crippen LogP contribution in [0.25, 0.3) is 21.2 Å². The predicted octanol–water partition coefficient (Wildman–Crippen LogP) is 16.3. The number of hydrogen-bond acceptors (Lipinski definition) is 5. The number of anilines is 6. The number of benzene rings is 5. The van der Waals surface area contributed by atoms with Gasteiger partial charge >= 0.3 is 0 Å². The molecule has 2 aliphatic heterocycles. The summed E-state index contributed by atoms with van der Waals surface area (Å²) in [4.78, 5) is 16.5. The molecule has 0 spiro atoms. The van der Waals surface area contributed by atoms with Gasteiger partial charge in [0.05, 0.1) is 11.4 Å². The third-order valence-electron chi connectivity index (χ3n) is 17.6. The molecular formula is C65H77BN4S. The zero-order valence-corrected chi connectivity index (χ0v) is 47.1. The van der Waals surface area contributed by atoms with Gasteiger partial charge in [-0.2, -0.15) is 0 Å². The molecule has 71 heavy (non-hydrogen) atoms. The van der Waals surface area contributed by atoms with Crippen LogP contribution < -0.4 is 25.5 Å². The molecule has 0 saturated carbocycles. The molecule has 0 fully saturated rings. The second-order valence-corrected chi connectivity index (χ2v) is 28.8. The predicted molar refractivity (Wildman–Crippen MR) is 308 cm³/mol. The van der Waals surface area contributed by atoms with Crippen LogP contribution in [0.3, 0.4) is 0 Å². The van der Waals surface area contributed by atoms with Crippen molar-refractivity contribution in [2.24, 2.45) is 0 Å². The zero-order chi connectivity index (χ0) is 50.9. The first-order valence-electron chi connectivity index (χ1n) is 26.6. The van der Waals surface area contributed by atoms with Crippen LogP contribution in [0.5, 0.6) is 0 Å². The van der Waals surface area contributed by atoms with Gasteiger partial charge in [-0.1, -0.05) is 172 Å². The summed E-state index contributed by atoms with van der Waals surface area (Å²) in [6, 6.07) is 36.6. The summed E-state index contributed by atoms with van der Waals surface area (Å²) in [5, 5.41) is 1.29. The van der Waals surface area contributed by atoms with Gasteiger partial charge < -0.3 is 0 Å². The Labute approximate surface area is 430 Å². The van der Waals surface area contributed by atoms with Crippen LogP contribution >= 0.6 is 11.3 Å². The third kappa shape index (κ3) is 7.57. The lowest BCUT2D eigenvalue weighted by molar-refractivity contribution is 0.332. The first kappa shape index (κ1) is 48.1. The minimum absolute atomic E-state index is 0.00454. The van der Waals surface area contributed by atoms with E-state index in [4.69, 9.17) is 9.97 Å². The summed E-state index contributed by atoms with van der Waals surface area (Å²) >= 11 is 1.99. The number of aryl methyl sites for hydroxylation is 1. The Bertz CT molecular complexity index is 3340. The summed E-state index contributed by atoms with van der Waals surface area (Å²) in [7, 11) is 0. The van der Waals surface area contributed by atoms with Crippen molar-refractivity contribution in [3.05, 3.63) is 136 Å². The van der Waals surface area contributed by atoms with Crippen molar-refractivity contribution in [1.29, 1.82) is 0 Å². The second kappa shape index (κ2) is 15.4. The summed E-state index contributed by atoms with van der Waals surface area (Å²) < 4.78 is 2.70. The Morgan fingerprint density at radius 3 is 1.61 bits per heavy atom. The highest BCUT2D eigenvalue weighted by atomic mass is 32.1. The van der Waals surface area contributed by atoms with E-state index >= 15 is 0 Å². The average Bonchev–Trinajstić information content (AvgIpc) is 3.66. The van der Waals surface area contributed by atoms with E-state index < -0.39 is 0 Å². The molecule has 0 saturated heterocycles. The van der Waals surface area contributed by atoms with Crippen molar-refractivity contribution in [3.63, 3.8) is 0 Å². The lowest BCUT2D eigenvalue weighted by atomic mass is 9.36. The molecule has 0 amide bonds. The SMILES string of the molecule is Cc1nc2c3c(n1)N(c1ccc4c(c1)C(C)(C)CCC4(C)C)c1c(sc4cc(C(C)(C)C)ccc14)B3c1cc3c(cc1N2c1ccc(C(C)(C)C)cc1-c1ccc(C(C)(C)C)cc1)C(C)(C)CCC3(C)C. The van der Waals surface area contributed by atoms with Gasteiger partial charge in [-0.05, 0) is 157 Å². The first-order valence-corrected chi connectivity index (χ1v) is 27.4. The highest BCUT2D eigenvalue weighted by Gasteiger charge is 2.50. The Morgan fingerprint density at radius 2 is 1.01 bits per heavy atom. The van der Waals surface area contributed by atoms with E-state index in [1.807, 2.05) is 11.3 Å². The van der Waals surface area contributed by atoms with Gasteiger partial charge in [-0.15, -0.1) is 11.3 Å². The Morgan fingerprint density at radius 1 is 0.507 bits per heavy atom. The minimum Gasteiger partial charge on any atom is -0.295 e. The van der Waals surface area contributed by atoms with Crippen molar-refractivity contribution in [2.45, 2.75) is 188 Å². The van der Waals surface area contributed by atoms with Crippen LogP contribution in [0, 0.1) is 6.92 Å². The van der Waals surface area contributed by atoms with Gasteiger partial charge in [0.1, 0.15) is 17.5 Å². The smallest absolute Gasteiger partial charge is 0.268 e. The zero-order valence-electron chi connectivity index (χ0n) is 46.3. The largest absolute Gasteiger partial charge is 0.295 e. The number of hydrogen-bond donors (Lipinski definition) is 0. The molecule has 0 unspecified atom stereocenters. The number of rotatable bonds is 3. The molecule has 5 aromatic carbocycles. The van der Waals surface area contributed by atoms with E-state index in [0.717, 1.165) is 42.4 Å². The van der Waals surface area contributed by atoms with Gasteiger partial charge in [-0.3, -0.25) is 9.80 Å². The Kier molecular flexibility index (Phi) is 10.4. The van der Waals surface area contributed by atoms with Crippen molar-refractivity contribution >= 4 is 78.2 Å². The lowest BCUT2D eigenvalue weighted by Crippen LogP contribution is -2.61. The summed E-state index contributed by atoms with van der Waals surface area (Å²) in [6.45, 7) is 42.6. The molecule has 0 bridgehead atoms. The molecule has 4 heterocycles. The molecule has 0 atom stereocenters. The maximum Gasteiger partial charge on any atom is 0.268 e.